The first-order valence-electron chi connectivity index (χ1n) is 12.1. The third-order valence-electron chi connectivity index (χ3n) is 6.11. The lowest BCUT2D eigenvalue weighted by molar-refractivity contribution is -0.150. The van der Waals surface area contributed by atoms with Gasteiger partial charge in [-0.25, -0.2) is 14.3 Å². The number of hydrogen-bond acceptors (Lipinski definition) is 16. The van der Waals surface area contributed by atoms with Crippen LogP contribution in [0.3, 0.4) is 0 Å². The molecule has 230 valence electrons. The van der Waals surface area contributed by atoms with Gasteiger partial charge in [0.1, 0.15) is 42.9 Å². The number of ether oxygens (including phenoxy) is 1. The second-order valence-corrected chi connectivity index (χ2v) is 10.9. The Labute approximate surface area is 249 Å². The molecule has 43 heavy (non-hydrogen) atoms. The van der Waals surface area contributed by atoms with Gasteiger partial charge in [0, 0.05) is 24.1 Å². The molecular weight excluding hydrogens is 614 g/mol. The number of rotatable bonds is 13. The van der Waals surface area contributed by atoms with Crippen molar-refractivity contribution in [1.29, 1.82) is 0 Å². The highest BCUT2D eigenvalue weighted by Crippen LogP contribution is 2.41. The molecule has 4 atom stereocenters. The molecule has 4 rings (SSSR count). The minimum Gasteiger partial charge on any atom is -0.480 e. The standard InChI is InChI=1S/C22H25N9O10S2/c1-30-22(26-28-29-30)43-7-8-6-42-18-13(17(33)31(18)14(8)20(36)37)25-16(32)12(27-39-2)15-9(3-4-40-15)11(24)21(38)41-5-10(23)19(34)35/h3-4,10-11,13,18H,5-7,23-24H2,1-2H3,(H,25,32)(H,34,35)(H,36,37)/b27-12+/t10-,11+,13-,18-/m1/s1. The van der Waals surface area contributed by atoms with Gasteiger partial charge in [-0.3, -0.25) is 19.3 Å². The molecule has 1 saturated heterocycles. The van der Waals surface area contributed by atoms with E-state index in [0.29, 0.717) is 10.7 Å². The van der Waals surface area contributed by atoms with Crippen molar-refractivity contribution >= 4 is 59.0 Å². The van der Waals surface area contributed by atoms with E-state index in [0.717, 1.165) is 18.3 Å². The van der Waals surface area contributed by atoms with Gasteiger partial charge in [-0.1, -0.05) is 16.9 Å². The minimum atomic E-state index is -1.53. The Balaban J connectivity index is 1.47. The predicted octanol–water partition coefficient (Wildman–Crippen LogP) is -2.36. The number of carbonyl (C=O) groups excluding carboxylic acids is 3. The fraction of sp³-hybridized carbons (Fsp3) is 0.409. The molecule has 2 aromatic heterocycles. The van der Waals surface area contributed by atoms with Gasteiger partial charge in [0.05, 0.1) is 6.26 Å². The average molecular weight is 640 g/mol. The summed E-state index contributed by atoms with van der Waals surface area (Å²) in [4.78, 5) is 67.7. The molecule has 1 fully saturated rings. The third kappa shape index (κ3) is 6.48. The first-order valence-corrected chi connectivity index (χ1v) is 14.1. The van der Waals surface area contributed by atoms with Crippen LogP contribution in [0.15, 0.2) is 38.3 Å². The molecule has 2 amide bonds. The first kappa shape index (κ1) is 31.5. The summed E-state index contributed by atoms with van der Waals surface area (Å²) >= 11 is 2.46. The van der Waals surface area contributed by atoms with E-state index in [1.807, 2.05) is 0 Å². The molecule has 0 saturated carbocycles. The second kappa shape index (κ2) is 13.2. The number of nitrogens with zero attached hydrogens (tertiary/aromatic N) is 6. The number of fused-ring (bicyclic) bond motifs is 1. The van der Waals surface area contributed by atoms with E-state index in [1.54, 1.807) is 7.05 Å². The molecule has 2 aliphatic heterocycles. The maximum Gasteiger partial charge on any atom is 0.352 e. The van der Waals surface area contributed by atoms with E-state index >= 15 is 0 Å². The van der Waals surface area contributed by atoms with Gasteiger partial charge in [0.15, 0.2) is 5.76 Å². The zero-order valence-electron chi connectivity index (χ0n) is 22.4. The molecule has 0 spiro atoms. The molecule has 7 N–H and O–H groups in total. The van der Waals surface area contributed by atoms with Gasteiger partial charge in [0.25, 0.3) is 11.8 Å². The Kier molecular flexibility index (Phi) is 9.68. The molecule has 4 heterocycles. The Morgan fingerprint density at radius 2 is 2.07 bits per heavy atom. The Hall–Kier alpha value is -4.47. The zero-order valence-corrected chi connectivity index (χ0v) is 24.0. The predicted molar refractivity (Wildman–Crippen MR) is 145 cm³/mol. The van der Waals surface area contributed by atoms with Crippen molar-refractivity contribution < 1.29 is 48.2 Å². The number of nitrogens with one attached hydrogen (secondary N) is 1. The fourth-order valence-corrected chi connectivity index (χ4v) is 6.33. The van der Waals surface area contributed by atoms with Crippen LogP contribution in [-0.2, 0) is 40.6 Å². The number of carboxylic acid groups (broad SMARTS) is 2. The summed E-state index contributed by atoms with van der Waals surface area (Å²) in [6.45, 7) is -0.654. The zero-order chi connectivity index (χ0) is 31.4. The molecule has 0 unspecified atom stereocenters. The van der Waals surface area contributed by atoms with Crippen LogP contribution in [0.5, 0.6) is 0 Å². The maximum absolute atomic E-state index is 13.3. The second-order valence-electron chi connectivity index (χ2n) is 8.87. The van der Waals surface area contributed by atoms with Crippen LogP contribution in [0.1, 0.15) is 17.4 Å². The van der Waals surface area contributed by atoms with Gasteiger partial charge in [-0.05, 0) is 22.1 Å². The van der Waals surface area contributed by atoms with Crippen molar-refractivity contribution in [3.05, 3.63) is 34.9 Å². The summed E-state index contributed by atoms with van der Waals surface area (Å²) in [5, 5.41) is 35.8. The van der Waals surface area contributed by atoms with Crippen molar-refractivity contribution in [2.45, 2.75) is 28.7 Å². The average Bonchev–Trinajstić information content (AvgIpc) is 3.63. The number of carbonyl (C=O) groups is 5. The molecule has 21 heteroatoms. The van der Waals surface area contributed by atoms with Crippen LogP contribution in [-0.4, -0.2) is 113 Å². The van der Waals surface area contributed by atoms with Gasteiger partial charge in [-0.2, -0.15) is 0 Å². The van der Waals surface area contributed by atoms with Crippen LogP contribution in [0.25, 0.3) is 0 Å². The smallest absolute Gasteiger partial charge is 0.352 e. The van der Waals surface area contributed by atoms with E-state index < -0.39 is 65.5 Å². The summed E-state index contributed by atoms with van der Waals surface area (Å²) in [5.74, 6) is -5.18. The van der Waals surface area contributed by atoms with Crippen molar-refractivity contribution in [1.82, 2.24) is 30.4 Å². The molecule has 0 aliphatic carbocycles. The van der Waals surface area contributed by atoms with Crippen LogP contribution in [0.2, 0.25) is 0 Å². The number of thioether (sulfide) groups is 2. The molecule has 2 aromatic rings. The molecule has 0 aromatic carbocycles. The highest BCUT2D eigenvalue weighted by atomic mass is 32.2. The number of aryl methyl sites for hydroxylation is 1. The van der Waals surface area contributed by atoms with E-state index in [4.69, 9.17) is 30.6 Å². The lowest BCUT2D eigenvalue weighted by Crippen LogP contribution is -2.71. The number of nitrogens with two attached hydrogens (primary N) is 2. The SMILES string of the molecule is CO/N=C(/C(=O)N[C@@H]1C(=O)N2C(C(=O)O)=C(CSc3nnnn3C)CS[C@H]12)c1occc1[C@H](N)C(=O)OC[C@@H](N)C(=O)O. The van der Waals surface area contributed by atoms with Crippen molar-refractivity contribution in [3.8, 4) is 0 Å². The number of β-lactam (4-membered cyclic amide) rings is 1. The fourth-order valence-electron chi connectivity index (χ4n) is 3.99. The number of aromatic nitrogens is 4. The van der Waals surface area contributed by atoms with Crippen LogP contribution in [0.4, 0.5) is 0 Å². The summed E-state index contributed by atoms with van der Waals surface area (Å²) in [7, 11) is 2.78. The summed E-state index contributed by atoms with van der Waals surface area (Å²) in [5.41, 5.74) is 11.1. The first-order chi connectivity index (χ1) is 20.5. The lowest BCUT2D eigenvalue weighted by atomic mass is 10.0. The Morgan fingerprint density at radius 1 is 1.33 bits per heavy atom. The quantitative estimate of drug-likeness (QED) is 0.0503. The summed E-state index contributed by atoms with van der Waals surface area (Å²) < 4.78 is 11.6. The topological polar surface area (TPSA) is 281 Å². The third-order valence-corrected chi connectivity index (χ3v) is 8.55. The Bertz CT molecular complexity index is 1510. The number of oxime groups is 1. The molecule has 2 aliphatic rings. The number of hydrogen-bond donors (Lipinski definition) is 5. The summed E-state index contributed by atoms with van der Waals surface area (Å²) in [6.07, 6.45) is 1.12. The Morgan fingerprint density at radius 3 is 2.70 bits per heavy atom. The minimum absolute atomic E-state index is 0.0511. The highest BCUT2D eigenvalue weighted by Gasteiger charge is 2.54. The number of furan rings is 1. The lowest BCUT2D eigenvalue weighted by Gasteiger charge is -2.49. The van der Waals surface area contributed by atoms with Gasteiger partial charge >= 0.3 is 17.9 Å². The van der Waals surface area contributed by atoms with Crippen molar-refractivity contribution in [3.63, 3.8) is 0 Å². The highest BCUT2D eigenvalue weighted by molar-refractivity contribution is 8.01. The molecule has 0 radical (unpaired) electrons. The monoisotopic (exact) mass is 639 g/mol. The van der Waals surface area contributed by atoms with Crippen LogP contribution in [0, 0.1) is 0 Å². The van der Waals surface area contributed by atoms with Gasteiger partial charge in [0.2, 0.25) is 10.9 Å². The number of tetrazole rings is 1. The van der Waals surface area contributed by atoms with Gasteiger partial charge in [-0.15, -0.1) is 16.9 Å². The maximum atomic E-state index is 13.3. The largest absolute Gasteiger partial charge is 0.480 e. The molecule has 19 nitrogen and oxygen atoms in total. The van der Waals surface area contributed by atoms with E-state index in [-0.39, 0.29) is 28.5 Å². The number of esters is 1. The number of aliphatic carboxylic acids is 2. The molecular formula is C22H25N9O10S2. The van der Waals surface area contributed by atoms with Crippen molar-refractivity contribution in [2.75, 3.05) is 25.2 Å². The van der Waals surface area contributed by atoms with E-state index in [9.17, 15) is 29.1 Å². The van der Waals surface area contributed by atoms with Crippen molar-refractivity contribution in [2.24, 2.45) is 23.7 Å². The summed E-state index contributed by atoms with van der Waals surface area (Å²) in [6, 6.07) is -2.86. The van der Waals surface area contributed by atoms with E-state index in [1.165, 1.54) is 34.3 Å². The van der Waals surface area contributed by atoms with E-state index in [2.05, 4.69) is 26.0 Å². The van der Waals surface area contributed by atoms with Crippen LogP contribution < -0.4 is 16.8 Å². The number of carboxylic acids is 2. The molecule has 0 bridgehead atoms. The van der Waals surface area contributed by atoms with Crippen LogP contribution >= 0.6 is 23.5 Å². The normalized spacial score (nSPS) is 19.7. The number of amides is 2. The van der Waals surface area contributed by atoms with Gasteiger partial charge < -0.3 is 41.0 Å².